The third-order valence-electron chi connectivity index (χ3n) is 1.42. The Kier molecular flexibility index (Phi) is 3.81. The fourth-order valence-electron chi connectivity index (χ4n) is 0.877. The van der Waals surface area contributed by atoms with Gasteiger partial charge in [0, 0.05) is 9.13 Å². The van der Waals surface area contributed by atoms with Gasteiger partial charge in [0.25, 0.3) is 0 Å². The molecule has 65 valence electrons. The highest BCUT2D eigenvalue weighted by Crippen LogP contribution is 2.20. The monoisotopic (exact) mass is 277 g/mol. The van der Waals surface area contributed by atoms with Gasteiger partial charge in [0.05, 0.1) is 6.61 Å². The summed E-state index contributed by atoms with van der Waals surface area (Å²) in [5.74, 6) is 0.790. The van der Waals surface area contributed by atoms with Crippen molar-refractivity contribution < 1.29 is 9.84 Å². The van der Waals surface area contributed by atoms with Crippen LogP contribution in [0.3, 0.4) is 0 Å². The van der Waals surface area contributed by atoms with Crippen LogP contribution >= 0.6 is 22.6 Å². The second kappa shape index (κ2) is 4.67. The molecule has 12 heavy (non-hydrogen) atoms. The van der Waals surface area contributed by atoms with Crippen molar-refractivity contribution in [3.63, 3.8) is 0 Å². The number of halogens is 1. The van der Waals surface area contributed by atoms with E-state index < -0.39 is 0 Å². The summed E-state index contributed by atoms with van der Waals surface area (Å²) >= 11 is 2.16. The van der Waals surface area contributed by atoms with E-state index in [0.717, 1.165) is 21.5 Å². The predicted octanol–water partition coefficient (Wildman–Crippen LogP) is 2.57. The van der Waals surface area contributed by atoms with Gasteiger partial charge in [-0.15, -0.1) is 0 Å². The standard InChI is InChI=1S/C9H10IO2/c1-2-12-8-3-4-9(10)7(5-8)6-11/h3-6,11H,2H2,1H3. The second-order valence-electron chi connectivity index (χ2n) is 2.25. The molecule has 1 N–H and O–H groups in total. The lowest BCUT2D eigenvalue weighted by Gasteiger charge is -2.05. The van der Waals surface area contributed by atoms with E-state index in [1.165, 1.54) is 0 Å². The van der Waals surface area contributed by atoms with Crippen molar-refractivity contribution in [2.75, 3.05) is 6.61 Å². The van der Waals surface area contributed by atoms with Crippen molar-refractivity contribution >= 4 is 22.6 Å². The lowest BCUT2D eigenvalue weighted by Crippen LogP contribution is -1.93. The highest BCUT2D eigenvalue weighted by atomic mass is 127. The Balaban J connectivity index is 2.89. The van der Waals surface area contributed by atoms with E-state index in [2.05, 4.69) is 22.6 Å². The summed E-state index contributed by atoms with van der Waals surface area (Å²) in [6.07, 6.45) is 0. The van der Waals surface area contributed by atoms with Gasteiger partial charge in [0.2, 0.25) is 0 Å². The Bertz CT molecular complexity index is 261. The predicted molar refractivity (Wildman–Crippen MR) is 55.7 cm³/mol. The van der Waals surface area contributed by atoms with Crippen molar-refractivity contribution in [1.82, 2.24) is 0 Å². The molecular weight excluding hydrogens is 267 g/mol. The van der Waals surface area contributed by atoms with E-state index in [9.17, 15) is 0 Å². The summed E-state index contributed by atoms with van der Waals surface area (Å²) in [4.78, 5) is 0. The fraction of sp³-hybridized carbons (Fsp3) is 0.222. The van der Waals surface area contributed by atoms with E-state index in [0.29, 0.717) is 6.61 Å². The largest absolute Gasteiger partial charge is 0.494 e. The minimum atomic E-state index is 0.644. The van der Waals surface area contributed by atoms with Gasteiger partial charge in [-0.2, -0.15) is 0 Å². The molecular formula is C9H10IO2. The number of rotatable bonds is 3. The first-order valence-corrected chi connectivity index (χ1v) is 4.75. The Labute approximate surface area is 85.7 Å². The fourth-order valence-corrected chi connectivity index (χ4v) is 1.35. The van der Waals surface area contributed by atoms with Gasteiger partial charge in [0.15, 0.2) is 0 Å². The Hall–Kier alpha value is -0.290. The van der Waals surface area contributed by atoms with Crippen molar-refractivity contribution in [1.29, 1.82) is 0 Å². The lowest BCUT2D eigenvalue weighted by molar-refractivity contribution is 0.339. The van der Waals surface area contributed by atoms with Gasteiger partial charge in [0.1, 0.15) is 12.4 Å². The number of aliphatic hydroxyl groups excluding tert-OH is 1. The molecule has 1 radical (unpaired) electrons. The molecule has 1 rings (SSSR count). The molecule has 0 aliphatic rings. The molecule has 0 saturated carbocycles. The molecule has 0 unspecified atom stereocenters. The molecule has 0 saturated heterocycles. The van der Waals surface area contributed by atoms with Crippen LogP contribution in [-0.2, 0) is 0 Å². The number of hydrogen-bond donors (Lipinski definition) is 1. The quantitative estimate of drug-likeness (QED) is 0.860. The summed E-state index contributed by atoms with van der Waals surface area (Å²) in [5.41, 5.74) is 0.793. The first-order valence-electron chi connectivity index (χ1n) is 3.67. The zero-order valence-corrected chi connectivity index (χ0v) is 8.91. The van der Waals surface area contributed by atoms with Crippen LogP contribution in [0, 0.1) is 10.2 Å². The molecule has 0 amide bonds. The Morgan fingerprint density at radius 3 is 2.92 bits per heavy atom. The van der Waals surface area contributed by atoms with Crippen LogP contribution < -0.4 is 4.74 Å². The van der Waals surface area contributed by atoms with Gasteiger partial charge < -0.3 is 9.84 Å². The number of hydrogen-bond acceptors (Lipinski definition) is 2. The van der Waals surface area contributed by atoms with E-state index in [1.54, 1.807) is 0 Å². The molecule has 0 bridgehead atoms. The third kappa shape index (κ3) is 2.35. The van der Waals surface area contributed by atoms with E-state index in [4.69, 9.17) is 9.84 Å². The molecule has 1 aromatic rings. The Morgan fingerprint density at radius 1 is 1.58 bits per heavy atom. The maximum absolute atomic E-state index is 8.83. The number of ether oxygens (including phenoxy) is 1. The van der Waals surface area contributed by atoms with Gasteiger partial charge in [-0.3, -0.25) is 0 Å². The molecule has 0 aliphatic carbocycles. The highest BCUT2D eigenvalue weighted by Gasteiger charge is 2.00. The molecule has 0 spiro atoms. The normalized spacial score (nSPS) is 9.92. The lowest BCUT2D eigenvalue weighted by atomic mass is 10.2. The Morgan fingerprint density at radius 2 is 2.33 bits per heavy atom. The summed E-state index contributed by atoms with van der Waals surface area (Å²) in [7, 11) is 0. The van der Waals surface area contributed by atoms with Crippen molar-refractivity contribution in [2.45, 2.75) is 6.92 Å². The maximum Gasteiger partial charge on any atom is 0.119 e. The second-order valence-corrected chi connectivity index (χ2v) is 3.41. The molecule has 0 aliphatic heterocycles. The van der Waals surface area contributed by atoms with Crippen LogP contribution in [-0.4, -0.2) is 11.7 Å². The molecule has 0 heterocycles. The van der Waals surface area contributed by atoms with E-state index in [-0.39, 0.29) is 0 Å². The van der Waals surface area contributed by atoms with E-state index in [1.807, 2.05) is 25.1 Å². The summed E-state index contributed by atoms with van der Waals surface area (Å²) in [6.45, 7) is 3.66. The smallest absolute Gasteiger partial charge is 0.119 e. The summed E-state index contributed by atoms with van der Waals surface area (Å²) in [6, 6.07) is 5.61. The third-order valence-corrected chi connectivity index (χ3v) is 2.40. The zero-order valence-electron chi connectivity index (χ0n) is 6.75. The van der Waals surface area contributed by atoms with Crippen molar-refractivity contribution in [2.24, 2.45) is 0 Å². The minimum Gasteiger partial charge on any atom is -0.494 e. The molecule has 0 fully saturated rings. The first-order chi connectivity index (χ1) is 5.77. The van der Waals surface area contributed by atoms with Gasteiger partial charge >= 0.3 is 0 Å². The van der Waals surface area contributed by atoms with Crippen LogP contribution in [0.5, 0.6) is 5.75 Å². The molecule has 0 atom stereocenters. The van der Waals surface area contributed by atoms with Crippen LogP contribution in [0.2, 0.25) is 0 Å². The van der Waals surface area contributed by atoms with E-state index >= 15 is 0 Å². The average molecular weight is 277 g/mol. The van der Waals surface area contributed by atoms with Gasteiger partial charge in [-0.05, 0) is 47.7 Å². The maximum atomic E-state index is 8.83. The van der Waals surface area contributed by atoms with Gasteiger partial charge in [-0.1, -0.05) is 0 Å². The topological polar surface area (TPSA) is 29.5 Å². The van der Waals surface area contributed by atoms with Crippen LogP contribution in [0.25, 0.3) is 0 Å². The van der Waals surface area contributed by atoms with Crippen LogP contribution in [0.4, 0.5) is 0 Å². The van der Waals surface area contributed by atoms with Crippen molar-refractivity contribution in [3.8, 4) is 5.75 Å². The molecule has 0 aromatic heterocycles. The number of aliphatic hydroxyl groups is 1. The zero-order chi connectivity index (χ0) is 8.97. The summed E-state index contributed by atoms with van der Waals surface area (Å²) in [5, 5.41) is 8.83. The molecule has 3 heteroatoms. The van der Waals surface area contributed by atoms with Crippen LogP contribution in [0.15, 0.2) is 18.2 Å². The highest BCUT2D eigenvalue weighted by molar-refractivity contribution is 14.1. The summed E-state index contributed by atoms with van der Waals surface area (Å²) < 4.78 is 6.28. The average Bonchev–Trinajstić information content (AvgIpc) is 2.09. The molecule has 1 aromatic carbocycles. The SMILES string of the molecule is CCOc1ccc(I)c([CH]O)c1. The minimum absolute atomic E-state index is 0.644. The first kappa shape index (κ1) is 9.80. The molecule has 2 nitrogen and oxygen atoms in total. The van der Waals surface area contributed by atoms with Crippen LogP contribution in [0.1, 0.15) is 12.5 Å². The van der Waals surface area contributed by atoms with Gasteiger partial charge in [-0.25, -0.2) is 0 Å². The number of benzene rings is 1. The van der Waals surface area contributed by atoms with Crippen molar-refractivity contribution in [3.05, 3.63) is 33.9 Å².